The summed E-state index contributed by atoms with van der Waals surface area (Å²) in [6, 6.07) is 13.6. The van der Waals surface area contributed by atoms with E-state index in [-0.39, 0.29) is 18.9 Å². The van der Waals surface area contributed by atoms with Crippen LogP contribution in [-0.2, 0) is 20.8 Å². The lowest BCUT2D eigenvalue weighted by atomic mass is 9.81. The zero-order valence-corrected chi connectivity index (χ0v) is 15.2. The largest absolute Gasteiger partial charge is 0.480 e. The number of rotatable bonds is 6. The Morgan fingerprint density at radius 2 is 1.63 bits per heavy atom. The van der Waals surface area contributed by atoms with E-state index in [1.807, 2.05) is 42.5 Å². The van der Waals surface area contributed by atoms with E-state index in [0.717, 1.165) is 35.6 Å². The molecule has 0 bridgehead atoms. The van der Waals surface area contributed by atoms with Gasteiger partial charge >= 0.3 is 5.97 Å². The van der Waals surface area contributed by atoms with Crippen LogP contribution in [0.3, 0.4) is 0 Å². The fourth-order valence-electron chi connectivity index (χ4n) is 3.72. The summed E-state index contributed by atoms with van der Waals surface area (Å²) in [6.07, 6.45) is 3.56. The molecule has 0 aliphatic heterocycles. The maximum atomic E-state index is 12.3. The summed E-state index contributed by atoms with van der Waals surface area (Å²) >= 11 is 0. The zero-order valence-electron chi connectivity index (χ0n) is 15.2. The summed E-state index contributed by atoms with van der Waals surface area (Å²) in [5, 5.41) is 16.8. The minimum atomic E-state index is -1.20. The molecule has 0 spiro atoms. The number of amides is 2. The van der Waals surface area contributed by atoms with Crippen molar-refractivity contribution < 1.29 is 19.5 Å². The van der Waals surface area contributed by atoms with E-state index in [2.05, 4.69) is 10.6 Å². The Bertz CT molecular complexity index is 851. The minimum absolute atomic E-state index is 0.165. The molecule has 0 saturated heterocycles. The van der Waals surface area contributed by atoms with Crippen LogP contribution >= 0.6 is 0 Å². The fraction of sp³-hybridized carbons (Fsp3) is 0.381. The third-order valence-corrected chi connectivity index (χ3v) is 5.17. The molecule has 0 heterocycles. The van der Waals surface area contributed by atoms with Crippen molar-refractivity contribution in [1.82, 2.24) is 10.6 Å². The van der Waals surface area contributed by atoms with Gasteiger partial charge in [-0.05, 0) is 29.2 Å². The summed E-state index contributed by atoms with van der Waals surface area (Å²) in [5.74, 6) is -1.74. The molecule has 1 aliphatic rings. The first kappa shape index (κ1) is 18.9. The van der Waals surface area contributed by atoms with E-state index in [1.165, 1.54) is 0 Å². The Balaban J connectivity index is 1.57. The Morgan fingerprint density at radius 1 is 0.926 bits per heavy atom. The summed E-state index contributed by atoms with van der Waals surface area (Å²) in [5.41, 5.74) is -0.310. The van der Waals surface area contributed by atoms with Gasteiger partial charge in [-0.1, -0.05) is 61.7 Å². The summed E-state index contributed by atoms with van der Waals surface area (Å²) in [6.45, 7) is -0.224. The lowest BCUT2D eigenvalue weighted by molar-refractivity contribution is -0.149. The average molecular weight is 368 g/mol. The number of carbonyl (C=O) groups excluding carboxylic acids is 2. The predicted octanol–water partition coefficient (Wildman–Crippen LogP) is 2.40. The van der Waals surface area contributed by atoms with Gasteiger partial charge in [-0.2, -0.15) is 0 Å². The first-order chi connectivity index (χ1) is 13.0. The molecule has 27 heavy (non-hydrogen) atoms. The molecule has 1 aliphatic carbocycles. The van der Waals surface area contributed by atoms with E-state index in [9.17, 15) is 19.5 Å². The molecule has 6 nitrogen and oxygen atoms in total. The van der Waals surface area contributed by atoms with Crippen molar-refractivity contribution >= 4 is 28.6 Å². The topological polar surface area (TPSA) is 95.5 Å². The molecule has 3 N–H and O–H groups in total. The predicted molar refractivity (Wildman–Crippen MR) is 102 cm³/mol. The zero-order chi connectivity index (χ0) is 19.3. The number of carboxylic acid groups (broad SMARTS) is 1. The highest BCUT2D eigenvalue weighted by atomic mass is 16.4. The second kappa shape index (κ2) is 8.20. The molecular weight excluding hydrogens is 344 g/mol. The average Bonchev–Trinajstić information content (AvgIpc) is 2.67. The van der Waals surface area contributed by atoms with Crippen LogP contribution in [0.2, 0.25) is 0 Å². The maximum absolute atomic E-state index is 12.3. The Morgan fingerprint density at radius 3 is 2.37 bits per heavy atom. The number of hydrogen-bond acceptors (Lipinski definition) is 3. The molecule has 1 fully saturated rings. The molecule has 0 unspecified atom stereocenters. The number of hydrogen-bond donors (Lipinski definition) is 3. The lowest BCUT2D eigenvalue weighted by Crippen LogP contribution is -2.57. The third kappa shape index (κ3) is 4.45. The van der Waals surface area contributed by atoms with Crippen molar-refractivity contribution in [3.63, 3.8) is 0 Å². The van der Waals surface area contributed by atoms with Gasteiger partial charge in [0.2, 0.25) is 11.8 Å². The second-order valence-electron chi connectivity index (χ2n) is 7.09. The number of carboxylic acids is 1. The van der Waals surface area contributed by atoms with E-state index in [0.29, 0.717) is 12.8 Å². The molecule has 2 aromatic rings. The standard InChI is InChI=1S/C21H24N2O4/c24-18(13-16-9-6-8-15-7-2-3-10-17(15)16)22-14-19(25)23-21(20(26)27)11-4-1-5-12-21/h2-3,6-10H,1,4-5,11-14H2,(H,22,24)(H,23,25)(H,26,27). The van der Waals surface area contributed by atoms with Crippen molar-refractivity contribution in [1.29, 1.82) is 0 Å². The van der Waals surface area contributed by atoms with Crippen LogP contribution in [-0.4, -0.2) is 35.0 Å². The van der Waals surface area contributed by atoms with Crippen LogP contribution in [0.5, 0.6) is 0 Å². The molecule has 6 heteroatoms. The molecule has 0 atom stereocenters. The number of nitrogens with one attached hydrogen (secondary N) is 2. The van der Waals surface area contributed by atoms with Crippen LogP contribution in [0, 0.1) is 0 Å². The Hall–Kier alpha value is -2.89. The number of benzene rings is 2. The van der Waals surface area contributed by atoms with E-state index in [1.54, 1.807) is 0 Å². The number of carbonyl (C=O) groups is 3. The van der Waals surface area contributed by atoms with Gasteiger partial charge in [-0.15, -0.1) is 0 Å². The smallest absolute Gasteiger partial charge is 0.329 e. The highest BCUT2D eigenvalue weighted by Gasteiger charge is 2.40. The molecular formula is C21H24N2O4. The van der Waals surface area contributed by atoms with Gasteiger partial charge in [0.25, 0.3) is 0 Å². The van der Waals surface area contributed by atoms with Gasteiger partial charge in [0.1, 0.15) is 5.54 Å². The summed E-state index contributed by atoms with van der Waals surface area (Å²) in [4.78, 5) is 36.1. The van der Waals surface area contributed by atoms with Crippen LogP contribution in [0.15, 0.2) is 42.5 Å². The molecule has 2 amide bonds. The van der Waals surface area contributed by atoms with Gasteiger partial charge in [-0.25, -0.2) is 4.79 Å². The van der Waals surface area contributed by atoms with Gasteiger partial charge in [-0.3, -0.25) is 9.59 Å². The lowest BCUT2D eigenvalue weighted by Gasteiger charge is -2.33. The van der Waals surface area contributed by atoms with E-state index >= 15 is 0 Å². The Labute approximate surface area is 158 Å². The molecule has 3 rings (SSSR count). The van der Waals surface area contributed by atoms with Crippen molar-refractivity contribution in [3.05, 3.63) is 48.0 Å². The van der Waals surface area contributed by atoms with Gasteiger partial charge in [0.15, 0.2) is 0 Å². The van der Waals surface area contributed by atoms with Crippen LogP contribution in [0.25, 0.3) is 10.8 Å². The van der Waals surface area contributed by atoms with E-state index < -0.39 is 17.4 Å². The van der Waals surface area contributed by atoms with Crippen LogP contribution in [0.1, 0.15) is 37.7 Å². The van der Waals surface area contributed by atoms with E-state index in [4.69, 9.17) is 0 Å². The highest BCUT2D eigenvalue weighted by molar-refractivity contribution is 5.93. The maximum Gasteiger partial charge on any atom is 0.329 e. The van der Waals surface area contributed by atoms with Gasteiger partial charge < -0.3 is 15.7 Å². The van der Waals surface area contributed by atoms with Crippen molar-refractivity contribution in [2.45, 2.75) is 44.1 Å². The molecule has 0 radical (unpaired) electrons. The second-order valence-corrected chi connectivity index (χ2v) is 7.09. The number of aliphatic carboxylic acids is 1. The first-order valence-corrected chi connectivity index (χ1v) is 9.28. The van der Waals surface area contributed by atoms with Gasteiger partial charge in [0.05, 0.1) is 13.0 Å². The minimum Gasteiger partial charge on any atom is -0.480 e. The van der Waals surface area contributed by atoms with Crippen molar-refractivity contribution in [3.8, 4) is 0 Å². The van der Waals surface area contributed by atoms with Crippen LogP contribution < -0.4 is 10.6 Å². The quantitative estimate of drug-likeness (QED) is 0.730. The monoisotopic (exact) mass is 368 g/mol. The summed E-state index contributed by atoms with van der Waals surface area (Å²) in [7, 11) is 0. The van der Waals surface area contributed by atoms with Crippen molar-refractivity contribution in [2.24, 2.45) is 0 Å². The Kier molecular flexibility index (Phi) is 5.74. The summed E-state index contributed by atoms with van der Waals surface area (Å²) < 4.78 is 0. The van der Waals surface area contributed by atoms with Gasteiger partial charge in [0, 0.05) is 0 Å². The highest BCUT2D eigenvalue weighted by Crippen LogP contribution is 2.28. The fourth-order valence-corrected chi connectivity index (χ4v) is 3.72. The third-order valence-electron chi connectivity index (χ3n) is 5.17. The molecule has 2 aromatic carbocycles. The van der Waals surface area contributed by atoms with Crippen LogP contribution in [0.4, 0.5) is 0 Å². The SMILES string of the molecule is O=C(Cc1cccc2ccccc12)NCC(=O)NC1(C(=O)O)CCCCC1. The number of fused-ring (bicyclic) bond motifs is 1. The van der Waals surface area contributed by atoms with Crippen molar-refractivity contribution in [2.75, 3.05) is 6.54 Å². The normalized spacial score (nSPS) is 15.9. The molecule has 0 aromatic heterocycles. The molecule has 142 valence electrons. The molecule has 1 saturated carbocycles. The first-order valence-electron chi connectivity index (χ1n) is 9.28.